The Morgan fingerprint density at radius 1 is 1.24 bits per heavy atom. The van der Waals surface area contributed by atoms with Crippen LogP contribution in [0.3, 0.4) is 0 Å². The molecule has 0 saturated carbocycles. The quantitative estimate of drug-likeness (QED) is 0.473. The molecule has 0 bridgehead atoms. The van der Waals surface area contributed by atoms with Gasteiger partial charge < -0.3 is 9.30 Å². The highest BCUT2D eigenvalue weighted by atomic mass is 35.5. The number of esters is 1. The lowest BCUT2D eigenvalue weighted by atomic mass is 10.2. The molecule has 1 fully saturated rings. The van der Waals surface area contributed by atoms with Crippen molar-refractivity contribution < 1.29 is 31.5 Å². The second-order valence-corrected chi connectivity index (χ2v) is 10.8. The van der Waals surface area contributed by atoms with Crippen LogP contribution in [0.25, 0.3) is 10.2 Å². The van der Waals surface area contributed by atoms with E-state index in [1.807, 2.05) is 0 Å². The highest BCUT2D eigenvalue weighted by molar-refractivity contribution is 7.89. The van der Waals surface area contributed by atoms with Crippen molar-refractivity contribution in [2.24, 2.45) is 4.99 Å². The SMILES string of the molecule is COC(=O)Cn1c(=NC(=O)C2CCCN2S(=O)(=O)c2ccc(Cl)cc2)sc2cc(F)cc(F)c21. The summed E-state index contributed by atoms with van der Waals surface area (Å²) < 4.78 is 61.4. The Bertz CT molecular complexity index is 1450. The van der Waals surface area contributed by atoms with Crippen LogP contribution in [0.1, 0.15) is 12.8 Å². The van der Waals surface area contributed by atoms with Gasteiger partial charge in [-0.3, -0.25) is 9.59 Å². The molecule has 1 saturated heterocycles. The molecule has 4 rings (SSSR count). The Morgan fingerprint density at radius 3 is 2.62 bits per heavy atom. The minimum absolute atomic E-state index is 0.0169. The van der Waals surface area contributed by atoms with Crippen LogP contribution >= 0.6 is 22.9 Å². The number of rotatable bonds is 5. The lowest BCUT2D eigenvalue weighted by Crippen LogP contribution is -2.40. The van der Waals surface area contributed by atoms with Crippen molar-refractivity contribution in [1.29, 1.82) is 0 Å². The number of carbonyl (C=O) groups excluding carboxylic acids is 2. The van der Waals surface area contributed by atoms with Crippen molar-refractivity contribution in [3.63, 3.8) is 0 Å². The second kappa shape index (κ2) is 9.53. The molecule has 1 atom stereocenters. The summed E-state index contributed by atoms with van der Waals surface area (Å²) in [7, 11) is -2.86. The number of amides is 1. The summed E-state index contributed by atoms with van der Waals surface area (Å²) >= 11 is 6.65. The molecule has 1 aromatic heterocycles. The van der Waals surface area contributed by atoms with Gasteiger partial charge in [-0.15, -0.1) is 0 Å². The van der Waals surface area contributed by atoms with E-state index in [-0.39, 0.29) is 32.9 Å². The second-order valence-electron chi connectivity index (χ2n) is 7.46. The van der Waals surface area contributed by atoms with Gasteiger partial charge in [0.2, 0.25) is 10.0 Å². The molecule has 8 nitrogen and oxygen atoms in total. The molecule has 180 valence electrons. The van der Waals surface area contributed by atoms with Crippen molar-refractivity contribution in [2.75, 3.05) is 13.7 Å². The molecule has 1 unspecified atom stereocenters. The predicted molar refractivity (Wildman–Crippen MR) is 121 cm³/mol. The normalized spacial score (nSPS) is 17.4. The number of hydrogen-bond acceptors (Lipinski definition) is 6. The molecular weight excluding hydrogens is 512 g/mol. The molecule has 1 aliphatic rings. The van der Waals surface area contributed by atoms with Gasteiger partial charge in [0.15, 0.2) is 10.6 Å². The van der Waals surface area contributed by atoms with Gasteiger partial charge in [-0.05, 0) is 43.2 Å². The lowest BCUT2D eigenvalue weighted by Gasteiger charge is -2.21. The van der Waals surface area contributed by atoms with E-state index in [1.54, 1.807) is 0 Å². The number of benzene rings is 2. The van der Waals surface area contributed by atoms with Gasteiger partial charge in [0.05, 0.1) is 22.2 Å². The van der Waals surface area contributed by atoms with Crippen LogP contribution < -0.4 is 4.80 Å². The Labute approximate surface area is 202 Å². The lowest BCUT2D eigenvalue weighted by molar-refractivity contribution is -0.141. The third-order valence-electron chi connectivity index (χ3n) is 5.32. The zero-order valence-electron chi connectivity index (χ0n) is 17.7. The summed E-state index contributed by atoms with van der Waals surface area (Å²) in [5.74, 6) is -3.27. The molecule has 0 aliphatic carbocycles. The first-order chi connectivity index (χ1) is 16.1. The number of thiazole rings is 1. The van der Waals surface area contributed by atoms with Crippen molar-refractivity contribution in [3.8, 4) is 0 Å². The molecule has 0 radical (unpaired) electrons. The number of carbonyl (C=O) groups is 2. The maximum Gasteiger partial charge on any atom is 0.325 e. The molecular formula is C21H18ClF2N3O5S2. The van der Waals surface area contributed by atoms with E-state index >= 15 is 0 Å². The van der Waals surface area contributed by atoms with Gasteiger partial charge >= 0.3 is 5.97 Å². The van der Waals surface area contributed by atoms with Gasteiger partial charge in [0.25, 0.3) is 5.91 Å². The van der Waals surface area contributed by atoms with E-state index < -0.39 is 46.1 Å². The number of nitrogens with zero attached hydrogens (tertiary/aromatic N) is 3. The number of methoxy groups -OCH3 is 1. The molecule has 13 heteroatoms. The largest absolute Gasteiger partial charge is 0.468 e. The van der Waals surface area contributed by atoms with Crippen LogP contribution in [-0.2, 0) is 30.9 Å². The number of hydrogen-bond donors (Lipinski definition) is 0. The van der Waals surface area contributed by atoms with E-state index in [9.17, 15) is 26.8 Å². The third-order valence-corrected chi connectivity index (χ3v) is 8.52. The fourth-order valence-corrected chi connectivity index (χ4v) is 6.59. The topological polar surface area (TPSA) is 98.0 Å². The predicted octanol–water partition coefficient (Wildman–Crippen LogP) is 3.09. The third kappa shape index (κ3) is 4.63. The first-order valence-corrected chi connectivity index (χ1v) is 12.7. The number of halogens is 3. The summed E-state index contributed by atoms with van der Waals surface area (Å²) in [6.45, 7) is -0.353. The summed E-state index contributed by atoms with van der Waals surface area (Å²) in [5.41, 5.74) is -0.111. The van der Waals surface area contributed by atoms with E-state index in [0.29, 0.717) is 17.5 Å². The van der Waals surface area contributed by atoms with Crippen LogP contribution in [0.15, 0.2) is 46.3 Å². The summed E-state index contributed by atoms with van der Waals surface area (Å²) in [4.78, 5) is 28.9. The van der Waals surface area contributed by atoms with Crippen LogP contribution in [0.2, 0.25) is 5.02 Å². The summed E-state index contributed by atoms with van der Waals surface area (Å²) in [5, 5.41) is 0.367. The van der Waals surface area contributed by atoms with E-state index in [1.165, 1.54) is 24.3 Å². The van der Waals surface area contributed by atoms with Crippen molar-refractivity contribution in [2.45, 2.75) is 30.3 Å². The molecule has 0 N–H and O–H groups in total. The van der Waals surface area contributed by atoms with Crippen LogP contribution in [0.4, 0.5) is 8.78 Å². The molecule has 1 aliphatic heterocycles. The van der Waals surface area contributed by atoms with Gasteiger partial charge in [-0.1, -0.05) is 22.9 Å². The Kier molecular flexibility index (Phi) is 6.85. The van der Waals surface area contributed by atoms with Crippen LogP contribution in [0.5, 0.6) is 0 Å². The first kappa shape index (κ1) is 24.5. The number of sulfonamides is 1. The summed E-state index contributed by atoms with van der Waals surface area (Å²) in [6, 6.07) is 6.21. The number of ether oxygens (including phenoxy) is 1. The molecule has 2 aromatic carbocycles. The highest BCUT2D eigenvalue weighted by Crippen LogP contribution is 2.28. The average molecular weight is 530 g/mol. The van der Waals surface area contributed by atoms with Gasteiger partial charge in [0, 0.05) is 17.6 Å². The Morgan fingerprint density at radius 2 is 1.94 bits per heavy atom. The van der Waals surface area contributed by atoms with Crippen molar-refractivity contribution >= 4 is 55.1 Å². The van der Waals surface area contributed by atoms with Crippen molar-refractivity contribution in [3.05, 3.63) is 57.9 Å². The van der Waals surface area contributed by atoms with E-state index in [2.05, 4.69) is 9.73 Å². The maximum absolute atomic E-state index is 14.5. The standard InChI is InChI=1S/C21H18ClF2N3O5S2/c1-32-18(28)11-26-19-15(24)9-13(23)10-17(19)33-21(26)25-20(29)16-3-2-8-27(16)34(30,31)14-6-4-12(22)5-7-14/h4-7,9-10,16H,2-3,8,11H2,1H3. The maximum atomic E-state index is 14.5. The van der Waals surface area contributed by atoms with Crippen molar-refractivity contribution in [1.82, 2.24) is 8.87 Å². The van der Waals surface area contributed by atoms with E-state index in [4.69, 9.17) is 11.6 Å². The minimum atomic E-state index is -4.01. The molecule has 2 heterocycles. The molecule has 0 spiro atoms. The van der Waals surface area contributed by atoms with Crippen LogP contribution in [0, 0.1) is 11.6 Å². The number of fused-ring (bicyclic) bond motifs is 1. The molecule has 34 heavy (non-hydrogen) atoms. The highest BCUT2D eigenvalue weighted by Gasteiger charge is 2.39. The Balaban J connectivity index is 1.76. The first-order valence-electron chi connectivity index (χ1n) is 10.0. The van der Waals surface area contributed by atoms with E-state index in [0.717, 1.165) is 33.4 Å². The zero-order valence-corrected chi connectivity index (χ0v) is 20.1. The summed E-state index contributed by atoms with van der Waals surface area (Å²) in [6.07, 6.45) is 0.674. The fourth-order valence-electron chi connectivity index (χ4n) is 3.74. The fraction of sp³-hybridized carbons (Fsp3) is 0.286. The molecule has 1 amide bonds. The smallest absolute Gasteiger partial charge is 0.325 e. The average Bonchev–Trinajstić information content (AvgIpc) is 3.40. The Hall–Kier alpha value is -2.67. The molecule has 3 aromatic rings. The van der Waals surface area contributed by atoms with Crippen LogP contribution in [-0.4, -0.2) is 48.9 Å². The monoisotopic (exact) mass is 529 g/mol. The van der Waals surface area contributed by atoms with Gasteiger partial charge in [0.1, 0.15) is 18.4 Å². The zero-order chi connectivity index (χ0) is 24.6. The minimum Gasteiger partial charge on any atom is -0.468 e. The van der Waals surface area contributed by atoms with Gasteiger partial charge in [-0.25, -0.2) is 17.2 Å². The number of aromatic nitrogens is 1. The van der Waals surface area contributed by atoms with Gasteiger partial charge in [-0.2, -0.15) is 9.30 Å².